The molecule has 5 rings (SSSR count). The first-order chi connectivity index (χ1) is 15.0. The lowest BCUT2D eigenvalue weighted by Crippen LogP contribution is -2.06. The summed E-state index contributed by atoms with van der Waals surface area (Å²) in [6.45, 7) is 9.28. The summed E-state index contributed by atoms with van der Waals surface area (Å²) in [5.41, 5.74) is 13.5. The lowest BCUT2D eigenvalue weighted by atomic mass is 9.95. The van der Waals surface area contributed by atoms with Gasteiger partial charge in [0.2, 0.25) is 0 Å². The molecule has 1 aliphatic carbocycles. The molecule has 0 atom stereocenters. The van der Waals surface area contributed by atoms with Gasteiger partial charge in [-0.15, -0.1) is 5.10 Å². The van der Waals surface area contributed by atoms with E-state index < -0.39 is 0 Å². The van der Waals surface area contributed by atoms with Crippen LogP contribution in [-0.2, 0) is 19.4 Å². The number of pyridine rings is 1. The molecule has 4 aromatic rings. The Balaban J connectivity index is 1.48. The molecule has 2 aromatic heterocycles. The molecule has 0 fully saturated rings. The van der Waals surface area contributed by atoms with Crippen LogP contribution in [0.1, 0.15) is 45.5 Å². The molecule has 0 spiro atoms. The third kappa shape index (κ3) is 3.78. The topological polar surface area (TPSA) is 43.6 Å². The Morgan fingerprint density at radius 2 is 1.61 bits per heavy atom. The zero-order chi connectivity index (χ0) is 21.5. The number of hydrogen-bond acceptors (Lipinski definition) is 3. The van der Waals surface area contributed by atoms with Gasteiger partial charge in [-0.1, -0.05) is 41.1 Å². The normalized spacial score (nSPS) is 12.9. The van der Waals surface area contributed by atoms with E-state index in [1.54, 1.807) is 0 Å². The van der Waals surface area contributed by atoms with Gasteiger partial charge in [0.05, 0.1) is 18.4 Å². The van der Waals surface area contributed by atoms with Crippen LogP contribution in [0.25, 0.3) is 22.5 Å². The van der Waals surface area contributed by atoms with E-state index in [2.05, 4.69) is 80.5 Å². The van der Waals surface area contributed by atoms with Gasteiger partial charge in [0.1, 0.15) is 5.69 Å². The van der Waals surface area contributed by atoms with Crippen molar-refractivity contribution in [2.75, 3.05) is 0 Å². The van der Waals surface area contributed by atoms with Crippen molar-refractivity contribution in [1.29, 1.82) is 0 Å². The quantitative estimate of drug-likeness (QED) is 0.432. The second-order valence-corrected chi connectivity index (χ2v) is 8.86. The van der Waals surface area contributed by atoms with Crippen molar-refractivity contribution in [3.8, 4) is 22.5 Å². The van der Waals surface area contributed by atoms with Crippen molar-refractivity contribution < 1.29 is 0 Å². The lowest BCUT2D eigenvalue weighted by molar-refractivity contribution is 0.644. The van der Waals surface area contributed by atoms with Crippen molar-refractivity contribution in [2.45, 2.75) is 53.5 Å². The summed E-state index contributed by atoms with van der Waals surface area (Å²) in [4.78, 5) is 5.10. The third-order valence-electron chi connectivity index (χ3n) is 6.48. The number of hydrogen-bond donors (Lipinski definition) is 0. The summed E-state index contributed by atoms with van der Waals surface area (Å²) in [5, 5.41) is 8.76. The molecule has 156 valence electrons. The Kier molecular flexibility index (Phi) is 4.93. The first-order valence-electron chi connectivity index (χ1n) is 11.0. The van der Waals surface area contributed by atoms with E-state index in [1.807, 2.05) is 10.9 Å². The van der Waals surface area contributed by atoms with Crippen molar-refractivity contribution in [3.05, 3.63) is 87.7 Å². The minimum absolute atomic E-state index is 0.685. The van der Waals surface area contributed by atoms with Crippen LogP contribution in [0, 0.1) is 27.7 Å². The number of benzene rings is 2. The average Bonchev–Trinajstić information content (AvgIpc) is 3.15. The van der Waals surface area contributed by atoms with Gasteiger partial charge < -0.3 is 0 Å². The average molecular weight is 409 g/mol. The highest BCUT2D eigenvalue weighted by Gasteiger charge is 2.19. The fourth-order valence-electron chi connectivity index (χ4n) is 4.46. The van der Waals surface area contributed by atoms with Crippen molar-refractivity contribution in [1.82, 2.24) is 20.0 Å². The van der Waals surface area contributed by atoms with E-state index in [1.165, 1.54) is 38.9 Å². The molecule has 31 heavy (non-hydrogen) atoms. The minimum atomic E-state index is 0.685. The molecule has 4 nitrogen and oxygen atoms in total. The van der Waals surface area contributed by atoms with E-state index >= 15 is 0 Å². The molecule has 0 bridgehead atoms. The van der Waals surface area contributed by atoms with E-state index in [9.17, 15) is 0 Å². The van der Waals surface area contributed by atoms with Gasteiger partial charge in [0, 0.05) is 16.8 Å². The summed E-state index contributed by atoms with van der Waals surface area (Å²) in [5.74, 6) is 0. The van der Waals surface area contributed by atoms with Gasteiger partial charge in [-0.2, -0.15) is 0 Å². The summed E-state index contributed by atoms with van der Waals surface area (Å²) in [6, 6.07) is 15.4. The molecule has 2 heterocycles. The second-order valence-electron chi connectivity index (χ2n) is 8.86. The Morgan fingerprint density at radius 1 is 0.871 bits per heavy atom. The van der Waals surface area contributed by atoms with Gasteiger partial charge in [-0.3, -0.25) is 4.98 Å². The molecule has 1 aliphatic rings. The molecule has 4 heteroatoms. The van der Waals surface area contributed by atoms with Crippen molar-refractivity contribution >= 4 is 0 Å². The zero-order valence-electron chi connectivity index (χ0n) is 18.7. The number of aryl methyl sites for hydroxylation is 6. The Bertz CT molecular complexity index is 1270. The first-order valence-corrected chi connectivity index (χ1v) is 11.0. The molecule has 2 aromatic carbocycles. The number of nitrogens with zero attached hydrogens (tertiary/aromatic N) is 4. The number of fused-ring (bicyclic) bond motifs is 3. The predicted octanol–water partition coefficient (Wildman–Crippen LogP) is 5.78. The van der Waals surface area contributed by atoms with Crippen LogP contribution in [0.5, 0.6) is 0 Å². The van der Waals surface area contributed by atoms with Crippen LogP contribution in [0.2, 0.25) is 0 Å². The van der Waals surface area contributed by atoms with E-state index in [0.717, 1.165) is 41.9 Å². The highest BCUT2D eigenvalue weighted by Crippen LogP contribution is 2.34. The first kappa shape index (κ1) is 19.7. The van der Waals surface area contributed by atoms with Crippen LogP contribution in [-0.4, -0.2) is 20.0 Å². The molecule has 0 N–H and O–H groups in total. The molecule has 0 unspecified atom stereocenters. The van der Waals surface area contributed by atoms with E-state index in [0.29, 0.717) is 6.54 Å². The summed E-state index contributed by atoms with van der Waals surface area (Å²) < 4.78 is 1.92. The summed E-state index contributed by atoms with van der Waals surface area (Å²) in [7, 11) is 0. The molecular formula is C27H28N4. The van der Waals surface area contributed by atoms with Crippen molar-refractivity contribution in [3.63, 3.8) is 0 Å². The van der Waals surface area contributed by atoms with Crippen LogP contribution in [0.15, 0.2) is 48.7 Å². The van der Waals surface area contributed by atoms with E-state index in [4.69, 9.17) is 4.98 Å². The fraction of sp³-hybridized carbons (Fsp3) is 0.296. The standard InChI is InChI=1S/C27H28N4/c1-17-8-10-21(11-9-17)26-16-31(30-29-26)15-24-14-23-7-5-6-22-12-18(2)19(3)13-25(22)27(23)28-20(24)4/h8-14,16H,5-7,15H2,1-4H3. The van der Waals surface area contributed by atoms with Gasteiger partial charge in [-0.05, 0) is 86.9 Å². The van der Waals surface area contributed by atoms with Crippen LogP contribution in [0.3, 0.4) is 0 Å². The lowest BCUT2D eigenvalue weighted by Gasteiger charge is -2.15. The maximum Gasteiger partial charge on any atom is 0.113 e. The molecule has 0 aliphatic heterocycles. The smallest absolute Gasteiger partial charge is 0.113 e. The summed E-state index contributed by atoms with van der Waals surface area (Å²) >= 11 is 0. The SMILES string of the molecule is Cc1ccc(-c2cn(Cc3cc4c(nc3C)-c3cc(C)c(C)cc3CCC4)nn2)cc1. The number of rotatable bonds is 3. The van der Waals surface area contributed by atoms with Gasteiger partial charge >= 0.3 is 0 Å². The van der Waals surface area contributed by atoms with Gasteiger partial charge in [0.25, 0.3) is 0 Å². The highest BCUT2D eigenvalue weighted by atomic mass is 15.4. The Hall–Kier alpha value is -3.27. The number of aromatic nitrogens is 4. The molecule has 0 radical (unpaired) electrons. The second kappa shape index (κ2) is 7.77. The van der Waals surface area contributed by atoms with E-state index in [-0.39, 0.29) is 0 Å². The molecule has 0 saturated heterocycles. The third-order valence-corrected chi connectivity index (χ3v) is 6.48. The largest absolute Gasteiger partial charge is 0.252 e. The predicted molar refractivity (Wildman–Crippen MR) is 125 cm³/mol. The minimum Gasteiger partial charge on any atom is -0.252 e. The maximum absolute atomic E-state index is 5.10. The van der Waals surface area contributed by atoms with Crippen molar-refractivity contribution in [2.24, 2.45) is 0 Å². The Morgan fingerprint density at radius 3 is 2.42 bits per heavy atom. The highest BCUT2D eigenvalue weighted by molar-refractivity contribution is 5.70. The monoisotopic (exact) mass is 408 g/mol. The zero-order valence-corrected chi connectivity index (χ0v) is 18.7. The fourth-order valence-corrected chi connectivity index (χ4v) is 4.46. The molecule has 0 amide bonds. The molecule has 0 saturated carbocycles. The van der Waals surface area contributed by atoms with Crippen LogP contribution in [0.4, 0.5) is 0 Å². The van der Waals surface area contributed by atoms with Gasteiger partial charge in [0.15, 0.2) is 0 Å². The van der Waals surface area contributed by atoms with Crippen LogP contribution < -0.4 is 0 Å². The molecular weight excluding hydrogens is 380 g/mol. The van der Waals surface area contributed by atoms with Gasteiger partial charge in [-0.25, -0.2) is 4.68 Å². The maximum atomic E-state index is 5.10. The van der Waals surface area contributed by atoms with Crippen LogP contribution >= 0.6 is 0 Å². The Labute approximate surface area is 184 Å². The summed E-state index contributed by atoms with van der Waals surface area (Å²) in [6.07, 6.45) is 5.36.